The van der Waals surface area contributed by atoms with Gasteiger partial charge in [-0.25, -0.2) is 13.6 Å². The molecule has 0 fully saturated rings. The average Bonchev–Trinajstić information content (AvgIpc) is 2.27. The summed E-state index contributed by atoms with van der Waals surface area (Å²) in [6.07, 6.45) is -2.19. The van der Waals surface area contributed by atoms with Crippen molar-refractivity contribution in [1.82, 2.24) is 4.98 Å². The molecule has 9 heteroatoms. The van der Waals surface area contributed by atoms with Crippen molar-refractivity contribution >= 4 is 34.4 Å². The van der Waals surface area contributed by atoms with Gasteiger partial charge in [-0.05, 0) is 39.4 Å². The zero-order valence-electron chi connectivity index (χ0n) is 9.02. The standard InChI is InChI=1S/C9H7F2IN2O4/c1-2-18-9(15)5-6(12)4(7(10)11)3-13-8(5)14(16)17/h3,7H,2H2,1H3. The topological polar surface area (TPSA) is 82.3 Å². The number of hydrogen-bond donors (Lipinski definition) is 0. The summed E-state index contributed by atoms with van der Waals surface area (Å²) in [4.78, 5) is 24.6. The van der Waals surface area contributed by atoms with Gasteiger partial charge >= 0.3 is 11.8 Å². The fourth-order valence-corrected chi connectivity index (χ4v) is 2.01. The molecule has 0 bridgehead atoms. The highest BCUT2D eigenvalue weighted by Crippen LogP contribution is 2.31. The van der Waals surface area contributed by atoms with Crippen LogP contribution < -0.4 is 0 Å². The van der Waals surface area contributed by atoms with E-state index in [2.05, 4.69) is 9.72 Å². The number of halogens is 3. The van der Waals surface area contributed by atoms with Crippen molar-refractivity contribution in [1.29, 1.82) is 0 Å². The molecule has 18 heavy (non-hydrogen) atoms. The molecule has 0 saturated heterocycles. The SMILES string of the molecule is CCOC(=O)c1c([N+](=O)[O-])ncc(C(F)F)c1I. The number of hydrogen-bond acceptors (Lipinski definition) is 5. The molecule has 0 spiro atoms. The predicted octanol–water partition coefficient (Wildman–Crippen LogP) is 2.71. The number of aromatic nitrogens is 1. The highest BCUT2D eigenvalue weighted by Gasteiger charge is 2.30. The molecule has 0 amide bonds. The van der Waals surface area contributed by atoms with Crippen molar-refractivity contribution in [2.24, 2.45) is 0 Å². The first-order chi connectivity index (χ1) is 8.40. The second kappa shape index (κ2) is 5.98. The second-order valence-electron chi connectivity index (χ2n) is 3.00. The molecule has 0 atom stereocenters. The molecule has 1 aromatic heterocycles. The zero-order chi connectivity index (χ0) is 13.9. The van der Waals surface area contributed by atoms with Gasteiger partial charge in [0.1, 0.15) is 6.20 Å². The number of pyridine rings is 1. The number of carbonyl (C=O) groups excluding carboxylic acids is 1. The molecule has 1 heterocycles. The molecule has 6 nitrogen and oxygen atoms in total. The lowest BCUT2D eigenvalue weighted by atomic mass is 10.2. The third-order valence-corrected chi connectivity index (χ3v) is 3.07. The fourth-order valence-electron chi connectivity index (χ4n) is 1.17. The van der Waals surface area contributed by atoms with Gasteiger partial charge in [-0.2, -0.15) is 0 Å². The van der Waals surface area contributed by atoms with Crippen LogP contribution in [-0.2, 0) is 4.74 Å². The molecule has 0 unspecified atom stereocenters. The summed E-state index contributed by atoms with van der Waals surface area (Å²) in [7, 11) is 0. The van der Waals surface area contributed by atoms with Crippen LogP contribution in [0.25, 0.3) is 0 Å². The first-order valence-corrected chi connectivity index (χ1v) is 5.76. The lowest BCUT2D eigenvalue weighted by Gasteiger charge is -2.07. The van der Waals surface area contributed by atoms with Crippen LogP contribution in [0.4, 0.5) is 14.6 Å². The van der Waals surface area contributed by atoms with E-state index in [9.17, 15) is 23.7 Å². The summed E-state index contributed by atoms with van der Waals surface area (Å²) in [6.45, 7) is 1.48. The molecule has 0 aromatic carbocycles. The van der Waals surface area contributed by atoms with Gasteiger partial charge < -0.3 is 14.9 Å². The fraction of sp³-hybridized carbons (Fsp3) is 0.333. The largest absolute Gasteiger partial charge is 0.462 e. The lowest BCUT2D eigenvalue weighted by molar-refractivity contribution is -0.390. The minimum Gasteiger partial charge on any atom is -0.462 e. The van der Waals surface area contributed by atoms with E-state index in [1.807, 2.05) is 0 Å². The monoisotopic (exact) mass is 372 g/mol. The second-order valence-corrected chi connectivity index (χ2v) is 4.08. The van der Waals surface area contributed by atoms with Gasteiger partial charge in [0, 0.05) is 3.57 Å². The van der Waals surface area contributed by atoms with Gasteiger partial charge in [-0.3, -0.25) is 0 Å². The van der Waals surface area contributed by atoms with E-state index in [0.717, 1.165) is 0 Å². The van der Waals surface area contributed by atoms with E-state index in [4.69, 9.17) is 0 Å². The van der Waals surface area contributed by atoms with Crippen LogP contribution >= 0.6 is 22.6 Å². The van der Waals surface area contributed by atoms with Crippen molar-refractivity contribution in [3.05, 3.63) is 31.0 Å². The lowest BCUT2D eigenvalue weighted by Crippen LogP contribution is -2.13. The maximum Gasteiger partial charge on any atom is 0.379 e. The van der Waals surface area contributed by atoms with Gasteiger partial charge in [0.15, 0.2) is 5.56 Å². The number of alkyl halides is 2. The molecule has 0 saturated carbocycles. The molecule has 0 aliphatic heterocycles. The van der Waals surface area contributed by atoms with Gasteiger partial charge in [-0.15, -0.1) is 0 Å². The highest BCUT2D eigenvalue weighted by molar-refractivity contribution is 14.1. The van der Waals surface area contributed by atoms with E-state index in [-0.39, 0.29) is 10.2 Å². The van der Waals surface area contributed by atoms with E-state index in [0.29, 0.717) is 6.20 Å². The summed E-state index contributed by atoms with van der Waals surface area (Å²) >= 11 is 1.44. The first-order valence-electron chi connectivity index (χ1n) is 4.68. The Bertz CT molecular complexity index is 496. The predicted molar refractivity (Wildman–Crippen MR) is 64.5 cm³/mol. The minimum absolute atomic E-state index is 0.0228. The van der Waals surface area contributed by atoms with E-state index in [1.165, 1.54) is 29.5 Å². The van der Waals surface area contributed by atoms with Crippen LogP contribution in [0.2, 0.25) is 0 Å². The van der Waals surface area contributed by atoms with Crippen LogP contribution in [0, 0.1) is 13.7 Å². The Morgan fingerprint density at radius 2 is 2.28 bits per heavy atom. The van der Waals surface area contributed by atoms with Gasteiger partial charge in [0.25, 0.3) is 6.43 Å². The first kappa shape index (κ1) is 14.7. The molecule has 0 N–H and O–H groups in total. The molecule has 1 rings (SSSR count). The van der Waals surface area contributed by atoms with Crippen LogP contribution in [0.1, 0.15) is 29.3 Å². The molecule has 0 aliphatic rings. The Balaban J connectivity index is 3.45. The van der Waals surface area contributed by atoms with Crippen molar-refractivity contribution in [2.75, 3.05) is 6.61 Å². The number of ether oxygens (including phenoxy) is 1. The molecule has 1 aromatic rings. The molecule has 98 valence electrons. The number of nitro groups is 1. The maximum absolute atomic E-state index is 12.6. The Morgan fingerprint density at radius 3 is 2.72 bits per heavy atom. The third-order valence-electron chi connectivity index (χ3n) is 1.91. The van der Waals surface area contributed by atoms with Crippen LogP contribution in [0.15, 0.2) is 6.20 Å². The van der Waals surface area contributed by atoms with E-state index >= 15 is 0 Å². The Morgan fingerprint density at radius 1 is 1.67 bits per heavy atom. The quantitative estimate of drug-likeness (QED) is 0.351. The molecular weight excluding hydrogens is 365 g/mol. The smallest absolute Gasteiger partial charge is 0.379 e. The molecule has 0 aliphatic carbocycles. The van der Waals surface area contributed by atoms with Crippen molar-refractivity contribution in [3.8, 4) is 0 Å². The molecular formula is C9H7F2IN2O4. The Kier molecular flexibility index (Phi) is 4.87. The highest BCUT2D eigenvalue weighted by atomic mass is 127. The van der Waals surface area contributed by atoms with Gasteiger partial charge in [0.05, 0.1) is 12.2 Å². The summed E-state index contributed by atoms with van der Waals surface area (Å²) in [5.41, 5.74) is -1.08. The number of rotatable bonds is 4. The number of nitrogens with zero attached hydrogens (tertiary/aromatic N) is 2. The van der Waals surface area contributed by atoms with E-state index < -0.39 is 34.3 Å². The van der Waals surface area contributed by atoms with Gasteiger partial charge in [-0.1, -0.05) is 0 Å². The van der Waals surface area contributed by atoms with Crippen LogP contribution in [-0.4, -0.2) is 22.5 Å². The average molecular weight is 372 g/mol. The molecule has 0 radical (unpaired) electrons. The normalized spacial score (nSPS) is 10.5. The summed E-state index contributed by atoms with van der Waals surface area (Å²) in [5.74, 6) is -1.83. The Labute approximate surface area is 114 Å². The van der Waals surface area contributed by atoms with E-state index in [1.54, 1.807) is 0 Å². The van der Waals surface area contributed by atoms with Crippen LogP contribution in [0.5, 0.6) is 0 Å². The number of esters is 1. The third kappa shape index (κ3) is 2.89. The van der Waals surface area contributed by atoms with Crippen molar-refractivity contribution in [3.63, 3.8) is 0 Å². The summed E-state index contributed by atoms with van der Waals surface area (Å²) in [5, 5.41) is 10.7. The summed E-state index contributed by atoms with van der Waals surface area (Å²) < 4.78 is 29.6. The van der Waals surface area contributed by atoms with Crippen molar-refractivity contribution in [2.45, 2.75) is 13.3 Å². The van der Waals surface area contributed by atoms with Crippen molar-refractivity contribution < 1.29 is 23.2 Å². The Hall–Kier alpha value is -1.39. The number of carbonyl (C=O) groups is 1. The van der Waals surface area contributed by atoms with Crippen LogP contribution in [0.3, 0.4) is 0 Å². The van der Waals surface area contributed by atoms with Gasteiger partial charge in [0.2, 0.25) is 0 Å². The maximum atomic E-state index is 12.6. The zero-order valence-corrected chi connectivity index (χ0v) is 11.2. The summed E-state index contributed by atoms with van der Waals surface area (Å²) in [6, 6.07) is 0. The minimum atomic E-state index is -2.88.